The molecule has 2 heteroatoms. The van der Waals surface area contributed by atoms with Crippen LogP contribution in [0.2, 0.25) is 0 Å². The Morgan fingerprint density at radius 1 is 1.21 bits per heavy atom. The second-order valence-electron chi connectivity index (χ2n) is 4.09. The highest BCUT2D eigenvalue weighted by atomic mass is 15.0. The van der Waals surface area contributed by atoms with Crippen molar-refractivity contribution in [3.8, 4) is 0 Å². The van der Waals surface area contributed by atoms with E-state index >= 15 is 0 Å². The van der Waals surface area contributed by atoms with Crippen molar-refractivity contribution in [2.75, 3.05) is 5.73 Å². The highest BCUT2D eigenvalue weighted by molar-refractivity contribution is 5.90. The van der Waals surface area contributed by atoms with E-state index in [0.717, 1.165) is 5.69 Å². The first-order valence-corrected chi connectivity index (χ1v) is 5.21. The lowest BCUT2D eigenvalue weighted by molar-refractivity contribution is 0.322. The number of hydrogen-bond acceptors (Lipinski definition) is 1. The zero-order chi connectivity index (χ0) is 9.54. The van der Waals surface area contributed by atoms with E-state index in [4.69, 9.17) is 5.73 Å². The minimum Gasteiger partial charge on any atom is -0.397 e. The normalized spacial score (nSPS) is 17.1. The summed E-state index contributed by atoms with van der Waals surface area (Å²) >= 11 is 0. The summed E-state index contributed by atoms with van der Waals surface area (Å²) in [6.07, 6.45) is 6.14. The van der Waals surface area contributed by atoms with Crippen molar-refractivity contribution in [1.29, 1.82) is 0 Å². The molecule has 0 bridgehead atoms. The molecule has 1 aliphatic carbocycles. The van der Waals surface area contributed by atoms with Crippen molar-refractivity contribution in [2.45, 2.75) is 25.3 Å². The molecular formula is C12H14N2. The Kier molecular flexibility index (Phi) is 1.57. The fourth-order valence-electron chi connectivity index (χ4n) is 2.22. The highest BCUT2D eigenvalue weighted by Crippen LogP contribution is 2.36. The third kappa shape index (κ3) is 0.969. The fraction of sp³-hybridized carbons (Fsp3) is 0.333. The molecule has 2 N–H and O–H groups in total. The molecule has 0 radical (unpaired) electrons. The Morgan fingerprint density at radius 3 is 2.79 bits per heavy atom. The van der Waals surface area contributed by atoms with Crippen molar-refractivity contribution < 1.29 is 0 Å². The van der Waals surface area contributed by atoms with Crippen LogP contribution in [0.15, 0.2) is 30.5 Å². The van der Waals surface area contributed by atoms with Crippen LogP contribution in [0.4, 0.5) is 5.69 Å². The van der Waals surface area contributed by atoms with Crippen LogP contribution >= 0.6 is 0 Å². The minimum atomic E-state index is 0.692. The lowest BCUT2D eigenvalue weighted by Crippen LogP contribution is -2.16. The number of nitrogens with two attached hydrogens (primary N) is 1. The molecule has 1 aliphatic rings. The monoisotopic (exact) mass is 186 g/mol. The molecule has 0 unspecified atom stereocenters. The Labute approximate surface area is 83.3 Å². The summed E-state index contributed by atoms with van der Waals surface area (Å²) in [5.41, 5.74) is 8.12. The van der Waals surface area contributed by atoms with E-state index < -0.39 is 0 Å². The van der Waals surface area contributed by atoms with Gasteiger partial charge in [0, 0.05) is 17.6 Å². The number of para-hydroxylation sites is 1. The molecule has 0 saturated heterocycles. The van der Waals surface area contributed by atoms with Crippen LogP contribution in [0.25, 0.3) is 10.9 Å². The van der Waals surface area contributed by atoms with E-state index in [9.17, 15) is 0 Å². The van der Waals surface area contributed by atoms with Gasteiger partial charge in [0.15, 0.2) is 0 Å². The Hall–Kier alpha value is -1.44. The molecule has 3 rings (SSSR count). The van der Waals surface area contributed by atoms with Gasteiger partial charge in [-0.05, 0) is 31.4 Å². The molecule has 0 atom stereocenters. The summed E-state index contributed by atoms with van der Waals surface area (Å²) in [5.74, 6) is 0. The molecule has 2 nitrogen and oxygen atoms in total. The van der Waals surface area contributed by atoms with Gasteiger partial charge >= 0.3 is 0 Å². The van der Waals surface area contributed by atoms with Gasteiger partial charge < -0.3 is 10.3 Å². The van der Waals surface area contributed by atoms with Gasteiger partial charge in [-0.15, -0.1) is 0 Å². The predicted molar refractivity (Wildman–Crippen MR) is 59.2 cm³/mol. The second-order valence-corrected chi connectivity index (χ2v) is 4.09. The molecule has 14 heavy (non-hydrogen) atoms. The number of hydrogen-bond donors (Lipinski definition) is 1. The van der Waals surface area contributed by atoms with E-state index in [1.165, 1.54) is 30.2 Å². The SMILES string of the molecule is Nc1cccc2ccn(C3CCC3)c12. The van der Waals surface area contributed by atoms with Crippen LogP contribution in [0.3, 0.4) is 0 Å². The van der Waals surface area contributed by atoms with Crippen LogP contribution in [0, 0.1) is 0 Å². The maximum atomic E-state index is 6.00. The smallest absolute Gasteiger partial charge is 0.0716 e. The van der Waals surface area contributed by atoms with Crippen molar-refractivity contribution in [3.05, 3.63) is 30.5 Å². The Balaban J connectivity index is 2.23. The molecule has 1 aromatic heterocycles. The zero-order valence-electron chi connectivity index (χ0n) is 8.11. The third-order valence-electron chi connectivity index (χ3n) is 3.24. The molecule has 0 amide bonds. The maximum Gasteiger partial charge on any atom is 0.0716 e. The summed E-state index contributed by atoms with van der Waals surface area (Å²) < 4.78 is 2.34. The average Bonchev–Trinajstić information content (AvgIpc) is 2.47. The lowest BCUT2D eigenvalue weighted by Gasteiger charge is -2.28. The predicted octanol–water partition coefficient (Wildman–Crippen LogP) is 2.95. The summed E-state index contributed by atoms with van der Waals surface area (Å²) in [5, 5.41) is 1.26. The summed E-state index contributed by atoms with van der Waals surface area (Å²) in [6.45, 7) is 0. The molecule has 72 valence electrons. The van der Waals surface area contributed by atoms with Crippen LogP contribution in [-0.4, -0.2) is 4.57 Å². The standard InChI is InChI=1S/C12H14N2/c13-11-6-1-3-9-7-8-14(12(9)11)10-4-2-5-10/h1,3,6-8,10H,2,4-5,13H2. The highest BCUT2D eigenvalue weighted by Gasteiger charge is 2.20. The topological polar surface area (TPSA) is 30.9 Å². The van der Waals surface area contributed by atoms with E-state index in [2.05, 4.69) is 22.9 Å². The van der Waals surface area contributed by atoms with Gasteiger partial charge in [0.25, 0.3) is 0 Å². The van der Waals surface area contributed by atoms with Gasteiger partial charge in [-0.2, -0.15) is 0 Å². The van der Waals surface area contributed by atoms with Crippen molar-refractivity contribution >= 4 is 16.6 Å². The molecule has 0 aliphatic heterocycles. The first kappa shape index (κ1) is 7.92. The molecular weight excluding hydrogens is 172 g/mol. The minimum absolute atomic E-state index is 0.692. The maximum absolute atomic E-state index is 6.00. The number of nitrogens with zero attached hydrogens (tertiary/aromatic N) is 1. The molecule has 1 fully saturated rings. The van der Waals surface area contributed by atoms with E-state index in [0.29, 0.717) is 6.04 Å². The van der Waals surface area contributed by atoms with Gasteiger partial charge in [-0.1, -0.05) is 12.1 Å². The number of aromatic nitrogens is 1. The average molecular weight is 186 g/mol. The van der Waals surface area contributed by atoms with Crippen LogP contribution in [0.1, 0.15) is 25.3 Å². The number of anilines is 1. The third-order valence-corrected chi connectivity index (χ3v) is 3.24. The molecule has 1 aromatic carbocycles. The van der Waals surface area contributed by atoms with Gasteiger partial charge in [0.2, 0.25) is 0 Å². The quantitative estimate of drug-likeness (QED) is 0.682. The van der Waals surface area contributed by atoms with Crippen LogP contribution in [0.5, 0.6) is 0 Å². The molecule has 0 spiro atoms. The number of rotatable bonds is 1. The first-order chi connectivity index (χ1) is 6.86. The fourth-order valence-corrected chi connectivity index (χ4v) is 2.22. The second kappa shape index (κ2) is 2.77. The van der Waals surface area contributed by atoms with Gasteiger partial charge in [-0.3, -0.25) is 0 Å². The summed E-state index contributed by atoms with van der Waals surface area (Å²) in [4.78, 5) is 0. The van der Waals surface area contributed by atoms with Crippen molar-refractivity contribution in [3.63, 3.8) is 0 Å². The van der Waals surface area contributed by atoms with Crippen molar-refractivity contribution in [1.82, 2.24) is 4.57 Å². The Morgan fingerprint density at radius 2 is 2.07 bits per heavy atom. The number of fused-ring (bicyclic) bond motifs is 1. The lowest BCUT2D eigenvalue weighted by atomic mass is 9.93. The molecule has 1 heterocycles. The molecule has 1 saturated carbocycles. The van der Waals surface area contributed by atoms with Gasteiger partial charge in [-0.25, -0.2) is 0 Å². The largest absolute Gasteiger partial charge is 0.397 e. The van der Waals surface area contributed by atoms with Gasteiger partial charge in [0.1, 0.15) is 0 Å². The van der Waals surface area contributed by atoms with Gasteiger partial charge in [0.05, 0.1) is 11.2 Å². The first-order valence-electron chi connectivity index (χ1n) is 5.21. The summed E-state index contributed by atoms with van der Waals surface area (Å²) in [6, 6.07) is 8.97. The van der Waals surface area contributed by atoms with Crippen molar-refractivity contribution in [2.24, 2.45) is 0 Å². The number of benzene rings is 1. The molecule has 2 aromatic rings. The van der Waals surface area contributed by atoms with E-state index in [1.807, 2.05) is 12.1 Å². The Bertz CT molecular complexity index is 466. The number of nitrogen functional groups attached to an aromatic ring is 1. The van der Waals surface area contributed by atoms with E-state index in [1.54, 1.807) is 0 Å². The van der Waals surface area contributed by atoms with E-state index in [-0.39, 0.29) is 0 Å². The zero-order valence-corrected chi connectivity index (χ0v) is 8.11. The van der Waals surface area contributed by atoms with Crippen LogP contribution in [-0.2, 0) is 0 Å². The summed E-state index contributed by atoms with van der Waals surface area (Å²) in [7, 11) is 0. The van der Waals surface area contributed by atoms with Crippen LogP contribution < -0.4 is 5.73 Å².